The highest BCUT2D eigenvalue weighted by atomic mass is 16.6. The van der Waals surface area contributed by atoms with E-state index in [1.54, 1.807) is 13.0 Å². The lowest BCUT2D eigenvalue weighted by molar-refractivity contribution is -0.385. The Morgan fingerprint density at radius 1 is 1.12 bits per heavy atom. The number of ether oxygens (including phenoxy) is 1. The molecule has 0 unspecified atom stereocenters. The molecule has 32 heavy (non-hydrogen) atoms. The van der Waals surface area contributed by atoms with Gasteiger partial charge in [-0.25, -0.2) is 5.43 Å². The highest BCUT2D eigenvalue weighted by Crippen LogP contribution is 2.39. The highest BCUT2D eigenvalue weighted by molar-refractivity contribution is 5.84. The Balaban J connectivity index is 2.14. The summed E-state index contributed by atoms with van der Waals surface area (Å²) in [5.41, 5.74) is 4.62. The van der Waals surface area contributed by atoms with Gasteiger partial charge in [0.05, 0.1) is 11.1 Å². The number of benzene rings is 2. The number of aryl methyl sites for hydroxylation is 1. The zero-order chi connectivity index (χ0) is 24.3. The van der Waals surface area contributed by atoms with Crippen molar-refractivity contribution in [2.75, 3.05) is 6.61 Å². The van der Waals surface area contributed by atoms with Crippen LogP contribution in [0.25, 0.3) is 0 Å². The zero-order valence-corrected chi connectivity index (χ0v) is 19.6. The van der Waals surface area contributed by atoms with Crippen molar-refractivity contribution < 1.29 is 19.6 Å². The van der Waals surface area contributed by atoms with E-state index in [9.17, 15) is 20.0 Å². The maximum absolute atomic E-state index is 12.1. The molecule has 0 aliphatic rings. The summed E-state index contributed by atoms with van der Waals surface area (Å²) in [6.45, 7) is 13.4. The summed E-state index contributed by atoms with van der Waals surface area (Å²) < 4.78 is 5.30. The number of nitrogens with one attached hydrogen (secondary N) is 1. The maximum atomic E-state index is 12.1. The number of phenolic OH excluding ortho intramolecular Hbond substituents is 1. The molecule has 0 heterocycles. The molecule has 172 valence electrons. The molecule has 0 aromatic heterocycles. The number of carbonyl (C=O) groups excluding carboxylic acids is 1. The molecule has 0 fully saturated rings. The number of nitro groups is 1. The van der Waals surface area contributed by atoms with Gasteiger partial charge in [0.25, 0.3) is 5.91 Å². The van der Waals surface area contributed by atoms with E-state index in [0.29, 0.717) is 0 Å². The number of hydrogen-bond donors (Lipinski definition) is 2. The fourth-order valence-corrected chi connectivity index (χ4v) is 3.12. The Morgan fingerprint density at radius 3 is 2.19 bits per heavy atom. The predicted molar refractivity (Wildman–Crippen MR) is 125 cm³/mol. The van der Waals surface area contributed by atoms with Crippen LogP contribution in [0.2, 0.25) is 0 Å². The van der Waals surface area contributed by atoms with Crippen LogP contribution in [0.3, 0.4) is 0 Å². The summed E-state index contributed by atoms with van der Waals surface area (Å²) in [4.78, 5) is 22.7. The van der Waals surface area contributed by atoms with Crippen LogP contribution >= 0.6 is 0 Å². The summed E-state index contributed by atoms with van der Waals surface area (Å²) in [5.74, 6) is -0.274. The van der Waals surface area contributed by atoms with Gasteiger partial charge in [0.15, 0.2) is 12.4 Å². The Morgan fingerprint density at radius 2 is 1.69 bits per heavy atom. The summed E-state index contributed by atoms with van der Waals surface area (Å²) >= 11 is 0. The van der Waals surface area contributed by atoms with Crippen LogP contribution in [0, 0.1) is 17.0 Å². The summed E-state index contributed by atoms with van der Waals surface area (Å²) in [5, 5.41) is 25.9. The molecule has 8 heteroatoms. The Bertz CT molecular complexity index is 1010. The molecule has 8 nitrogen and oxygen atoms in total. The van der Waals surface area contributed by atoms with Gasteiger partial charge < -0.3 is 9.84 Å². The first-order valence-electron chi connectivity index (χ1n) is 10.3. The van der Waals surface area contributed by atoms with Crippen molar-refractivity contribution in [3.8, 4) is 11.5 Å². The van der Waals surface area contributed by atoms with Crippen molar-refractivity contribution in [3.05, 3.63) is 62.7 Å². The zero-order valence-electron chi connectivity index (χ0n) is 19.6. The van der Waals surface area contributed by atoms with Gasteiger partial charge in [-0.05, 0) is 47.1 Å². The molecule has 0 spiro atoms. The molecule has 0 aliphatic heterocycles. The number of carbonyl (C=O) groups is 1. The third kappa shape index (κ3) is 6.29. The molecule has 0 saturated carbocycles. The molecule has 0 saturated heterocycles. The van der Waals surface area contributed by atoms with Crippen LogP contribution in [0.5, 0.6) is 11.5 Å². The van der Waals surface area contributed by atoms with Gasteiger partial charge in [0, 0.05) is 17.2 Å². The van der Waals surface area contributed by atoms with Crippen LogP contribution in [0.4, 0.5) is 5.69 Å². The second-order valence-electron chi connectivity index (χ2n) is 9.77. The minimum Gasteiger partial charge on any atom is -0.507 e. The van der Waals surface area contributed by atoms with Gasteiger partial charge in [0.1, 0.15) is 5.75 Å². The van der Waals surface area contributed by atoms with Crippen molar-refractivity contribution in [1.29, 1.82) is 0 Å². The number of nitrogens with zero attached hydrogens (tertiary/aromatic N) is 2. The highest BCUT2D eigenvalue weighted by Gasteiger charge is 2.26. The molecule has 2 aromatic carbocycles. The minimum atomic E-state index is -0.554. The van der Waals surface area contributed by atoms with Crippen LogP contribution in [-0.4, -0.2) is 28.8 Å². The predicted octanol–water partition coefficient (Wildman–Crippen LogP) is 4.73. The Labute approximate surface area is 188 Å². The third-order valence-electron chi connectivity index (χ3n) is 4.82. The van der Waals surface area contributed by atoms with Crippen molar-refractivity contribution in [2.24, 2.45) is 5.10 Å². The molecule has 2 N–H and O–H groups in total. The van der Waals surface area contributed by atoms with Crippen molar-refractivity contribution in [1.82, 2.24) is 5.43 Å². The first-order valence-corrected chi connectivity index (χ1v) is 10.3. The SMILES string of the molecule is Cc1ccc(OCC(=O)N/N=C\c2cc(C(C)(C)C)c(O)c(C(C)(C)C)c2)c([N+](=O)[O-])c1. The van der Waals surface area contributed by atoms with Crippen molar-refractivity contribution in [2.45, 2.75) is 59.3 Å². The molecule has 0 aliphatic carbocycles. The molecule has 2 rings (SSSR count). The van der Waals surface area contributed by atoms with E-state index in [1.807, 2.05) is 53.7 Å². The lowest BCUT2D eigenvalue weighted by atomic mass is 9.78. The molecule has 1 amide bonds. The van der Waals surface area contributed by atoms with Crippen LogP contribution in [0.15, 0.2) is 35.4 Å². The first kappa shape index (κ1) is 24.8. The molecule has 2 aromatic rings. The van der Waals surface area contributed by atoms with E-state index in [1.165, 1.54) is 18.3 Å². The smallest absolute Gasteiger partial charge is 0.311 e. The van der Waals surface area contributed by atoms with Crippen LogP contribution < -0.4 is 10.2 Å². The fourth-order valence-electron chi connectivity index (χ4n) is 3.12. The van der Waals surface area contributed by atoms with E-state index < -0.39 is 17.4 Å². The lowest BCUT2D eigenvalue weighted by Gasteiger charge is -2.27. The average Bonchev–Trinajstić information content (AvgIpc) is 2.66. The maximum Gasteiger partial charge on any atom is 0.311 e. The second kappa shape index (κ2) is 9.38. The minimum absolute atomic E-state index is 0.0166. The van der Waals surface area contributed by atoms with Gasteiger partial charge in [-0.2, -0.15) is 5.10 Å². The van der Waals surface area contributed by atoms with Crippen LogP contribution in [-0.2, 0) is 15.6 Å². The number of rotatable bonds is 6. The molecular weight excluding hydrogens is 410 g/mol. The standard InChI is InChI=1S/C24H31N3O5/c1-15-8-9-20(19(10-15)27(30)31)32-14-21(28)26-25-13-16-11-17(23(2,3)4)22(29)18(12-16)24(5,6)7/h8-13,29H,14H2,1-7H3,(H,26,28)/b25-13-. The lowest BCUT2D eigenvalue weighted by Crippen LogP contribution is -2.25. The first-order chi connectivity index (χ1) is 14.7. The number of hydrazone groups is 1. The average molecular weight is 442 g/mol. The number of phenols is 1. The molecule has 0 radical (unpaired) electrons. The largest absolute Gasteiger partial charge is 0.507 e. The molecule has 0 bridgehead atoms. The van der Waals surface area contributed by atoms with Crippen molar-refractivity contribution in [3.63, 3.8) is 0 Å². The van der Waals surface area contributed by atoms with E-state index in [2.05, 4.69) is 10.5 Å². The fraction of sp³-hybridized carbons (Fsp3) is 0.417. The van der Waals surface area contributed by atoms with Crippen molar-refractivity contribution >= 4 is 17.8 Å². The Kier molecular flexibility index (Phi) is 7.28. The quantitative estimate of drug-likeness (QED) is 0.382. The molecule has 0 atom stereocenters. The summed E-state index contributed by atoms with van der Waals surface area (Å²) in [6.07, 6.45) is 1.50. The van der Waals surface area contributed by atoms with E-state index in [0.717, 1.165) is 22.3 Å². The van der Waals surface area contributed by atoms with Gasteiger partial charge in [-0.3, -0.25) is 14.9 Å². The normalized spacial score (nSPS) is 12.1. The monoisotopic (exact) mass is 441 g/mol. The second-order valence-corrected chi connectivity index (χ2v) is 9.77. The van der Waals surface area contributed by atoms with Crippen LogP contribution in [0.1, 0.15) is 63.8 Å². The number of nitro benzene ring substituents is 1. The van der Waals surface area contributed by atoms with Gasteiger partial charge in [-0.15, -0.1) is 0 Å². The number of aromatic hydroxyl groups is 1. The van der Waals surface area contributed by atoms with Gasteiger partial charge in [-0.1, -0.05) is 47.6 Å². The Hall–Kier alpha value is -3.42. The van der Waals surface area contributed by atoms with Gasteiger partial charge in [0.2, 0.25) is 0 Å². The topological polar surface area (TPSA) is 114 Å². The summed E-state index contributed by atoms with van der Waals surface area (Å²) in [6, 6.07) is 8.19. The van der Waals surface area contributed by atoms with E-state index in [4.69, 9.17) is 4.74 Å². The number of hydrogen-bond acceptors (Lipinski definition) is 6. The summed E-state index contributed by atoms with van der Waals surface area (Å²) in [7, 11) is 0. The van der Waals surface area contributed by atoms with Gasteiger partial charge >= 0.3 is 5.69 Å². The third-order valence-corrected chi connectivity index (χ3v) is 4.82. The van der Waals surface area contributed by atoms with E-state index >= 15 is 0 Å². The number of amides is 1. The molecular formula is C24H31N3O5. The van der Waals surface area contributed by atoms with E-state index in [-0.39, 0.29) is 28.0 Å².